The molecule has 0 radical (unpaired) electrons. The van der Waals surface area contributed by atoms with Gasteiger partial charge in [0.25, 0.3) is 0 Å². The fraction of sp³-hybridized carbons (Fsp3) is 0.361. The van der Waals surface area contributed by atoms with Gasteiger partial charge >= 0.3 is 249 Å². The van der Waals surface area contributed by atoms with E-state index in [1.54, 1.807) is 24.3 Å². The molecular formula is C36H44HfO4. The molecule has 5 heteroatoms. The van der Waals surface area contributed by atoms with E-state index in [1.807, 2.05) is 47.1 Å². The Kier molecular flexibility index (Phi) is 7.88. The number of carbonyl (C=O) groups excluding carboxylic acids is 2. The van der Waals surface area contributed by atoms with Crippen molar-refractivity contribution in [1.29, 1.82) is 0 Å². The van der Waals surface area contributed by atoms with Crippen molar-refractivity contribution >= 4 is 15.7 Å². The third-order valence-electron chi connectivity index (χ3n) is 10.2. The van der Waals surface area contributed by atoms with Crippen molar-refractivity contribution in [3.8, 4) is 0 Å². The molecule has 0 N–H and O–H groups in total. The van der Waals surface area contributed by atoms with E-state index in [0.29, 0.717) is 11.1 Å². The molecular weight excluding hydrogens is 675 g/mol. The minimum absolute atomic E-state index is 0.430. The zero-order valence-electron chi connectivity index (χ0n) is 26.5. The van der Waals surface area contributed by atoms with Crippen LogP contribution in [0.15, 0.2) is 101 Å². The first-order valence-corrected chi connectivity index (χ1v) is 23.0. The van der Waals surface area contributed by atoms with Crippen LogP contribution < -0.4 is 0 Å². The zero-order valence-corrected chi connectivity index (χ0v) is 30.1. The van der Waals surface area contributed by atoms with Crippen molar-refractivity contribution < 1.29 is 34.2 Å². The summed E-state index contributed by atoms with van der Waals surface area (Å²) in [4.78, 5) is 28.7. The Morgan fingerprint density at radius 2 is 0.902 bits per heavy atom. The van der Waals surface area contributed by atoms with Crippen molar-refractivity contribution in [2.45, 2.75) is 76.2 Å². The van der Waals surface area contributed by atoms with Gasteiger partial charge in [0, 0.05) is 0 Å². The Bertz CT molecular complexity index is 1520. The summed E-state index contributed by atoms with van der Waals surface area (Å²) in [6.07, 6.45) is 0. The summed E-state index contributed by atoms with van der Waals surface area (Å²) >= 11 is -6.25. The molecule has 0 aliphatic heterocycles. The SMILES string of the molecule is C[CH]=[Hf]([O]C(=O)c1ccccc1)([O]C(=O)c1ccccc1)([C]1=C(C)C(C)=C(C)C1(C)C)[C]1=C(C)C(C)=C(C)C1(C)C. The standard InChI is InChI=1S/2C10H15.2C7H6O2.C2H4.Hf/c2*1-7-6-10(4,5)9(3)8(7)2;2*8-7(9)6-4-2-1-3-5-6;1-2;/h2*1-5H3;2*1-5H,(H,8,9);1H,2H3;/q;;;;;+2/p-2. The van der Waals surface area contributed by atoms with Crippen LogP contribution in [-0.2, 0) is 24.6 Å². The van der Waals surface area contributed by atoms with E-state index in [2.05, 4.69) is 69.2 Å². The molecule has 0 fully saturated rings. The van der Waals surface area contributed by atoms with Gasteiger partial charge < -0.3 is 0 Å². The van der Waals surface area contributed by atoms with Crippen molar-refractivity contribution in [1.82, 2.24) is 0 Å². The van der Waals surface area contributed by atoms with E-state index in [1.165, 1.54) is 11.1 Å². The Morgan fingerprint density at radius 3 is 1.15 bits per heavy atom. The first-order chi connectivity index (χ1) is 19.1. The molecule has 0 amide bonds. The molecule has 0 heterocycles. The third-order valence-corrected chi connectivity index (χ3v) is 32.2. The van der Waals surface area contributed by atoms with E-state index in [9.17, 15) is 9.59 Å². The molecule has 4 nitrogen and oxygen atoms in total. The normalized spacial score (nSPS) is 18.7. The molecule has 0 aromatic heterocycles. The van der Waals surface area contributed by atoms with Gasteiger partial charge in [0.15, 0.2) is 0 Å². The van der Waals surface area contributed by atoms with Gasteiger partial charge in [0.05, 0.1) is 0 Å². The van der Waals surface area contributed by atoms with Gasteiger partial charge in [-0.1, -0.05) is 0 Å². The summed E-state index contributed by atoms with van der Waals surface area (Å²) in [6, 6.07) is 18.1. The topological polar surface area (TPSA) is 52.6 Å². The summed E-state index contributed by atoms with van der Waals surface area (Å²) < 4.78 is 18.2. The second-order valence-corrected chi connectivity index (χ2v) is 28.0. The van der Waals surface area contributed by atoms with Crippen molar-refractivity contribution in [2.75, 3.05) is 0 Å². The second-order valence-electron chi connectivity index (χ2n) is 12.7. The molecule has 0 bridgehead atoms. The third kappa shape index (κ3) is 4.47. The predicted octanol–water partition coefficient (Wildman–Crippen LogP) is 9.34. The van der Waals surface area contributed by atoms with Gasteiger partial charge in [-0.2, -0.15) is 0 Å². The van der Waals surface area contributed by atoms with Crippen molar-refractivity contribution in [3.63, 3.8) is 0 Å². The fourth-order valence-corrected chi connectivity index (χ4v) is 32.7. The van der Waals surface area contributed by atoms with Crippen molar-refractivity contribution in [3.05, 3.63) is 112 Å². The number of benzene rings is 2. The van der Waals surface area contributed by atoms with Crippen LogP contribution in [0.3, 0.4) is 0 Å². The first-order valence-electron chi connectivity index (χ1n) is 14.4. The van der Waals surface area contributed by atoms with Crippen LogP contribution in [0.4, 0.5) is 0 Å². The first kappa shape index (κ1) is 31.0. The predicted molar refractivity (Wildman–Crippen MR) is 165 cm³/mol. The molecule has 216 valence electrons. The Balaban J connectivity index is 2.23. The number of hydrogen-bond acceptors (Lipinski definition) is 4. The monoisotopic (exact) mass is 720 g/mol. The summed E-state index contributed by atoms with van der Waals surface area (Å²) in [7, 11) is 0. The van der Waals surface area contributed by atoms with Gasteiger partial charge in [0.1, 0.15) is 0 Å². The van der Waals surface area contributed by atoms with Gasteiger partial charge in [-0.15, -0.1) is 0 Å². The average molecular weight is 719 g/mol. The molecule has 0 unspecified atom stereocenters. The fourth-order valence-electron chi connectivity index (χ4n) is 7.47. The molecule has 41 heavy (non-hydrogen) atoms. The number of hydrogen-bond donors (Lipinski definition) is 0. The van der Waals surface area contributed by atoms with Crippen molar-refractivity contribution in [2.24, 2.45) is 10.8 Å². The van der Waals surface area contributed by atoms with Crippen LogP contribution in [0.2, 0.25) is 0 Å². The summed E-state index contributed by atoms with van der Waals surface area (Å²) in [5, 5.41) is 0. The Morgan fingerprint density at radius 1 is 0.585 bits per heavy atom. The van der Waals surface area contributed by atoms with Crippen LogP contribution >= 0.6 is 0 Å². The van der Waals surface area contributed by atoms with Gasteiger partial charge in [-0.25, -0.2) is 0 Å². The van der Waals surface area contributed by atoms with Crippen LogP contribution in [0.25, 0.3) is 0 Å². The number of carbonyl (C=O) groups is 2. The second kappa shape index (κ2) is 10.4. The minimum atomic E-state index is -6.25. The van der Waals surface area contributed by atoms with Crippen LogP contribution in [0.1, 0.15) is 96.9 Å². The molecule has 4 rings (SSSR count). The molecule has 0 saturated heterocycles. The summed E-state index contributed by atoms with van der Waals surface area (Å²) in [6.45, 7) is 23.4. The van der Waals surface area contributed by atoms with E-state index < -0.39 is 41.7 Å². The quantitative estimate of drug-likeness (QED) is 0.280. The molecule has 2 aliphatic rings. The van der Waals surface area contributed by atoms with Gasteiger partial charge in [-0.05, 0) is 0 Å². The Hall–Kier alpha value is -2.92. The summed E-state index contributed by atoms with van der Waals surface area (Å²) in [5.74, 6) is -0.951. The average Bonchev–Trinajstić information content (AvgIpc) is 3.21. The van der Waals surface area contributed by atoms with Crippen LogP contribution in [0.5, 0.6) is 0 Å². The maximum atomic E-state index is 14.4. The van der Waals surface area contributed by atoms with Crippen LogP contribution in [-0.4, -0.2) is 15.7 Å². The zero-order chi connectivity index (χ0) is 30.6. The molecule has 2 aromatic rings. The van der Waals surface area contributed by atoms with E-state index >= 15 is 0 Å². The molecule has 0 atom stereocenters. The molecule has 2 aliphatic carbocycles. The van der Waals surface area contributed by atoms with Gasteiger partial charge in [0.2, 0.25) is 0 Å². The molecule has 2 aromatic carbocycles. The van der Waals surface area contributed by atoms with Gasteiger partial charge in [-0.3, -0.25) is 0 Å². The number of allylic oxidation sites excluding steroid dienone is 8. The molecule has 0 spiro atoms. The van der Waals surface area contributed by atoms with E-state index in [4.69, 9.17) is 5.71 Å². The van der Waals surface area contributed by atoms with Crippen LogP contribution in [0, 0.1) is 10.8 Å². The Labute approximate surface area is 247 Å². The molecule has 0 saturated carbocycles. The van der Waals surface area contributed by atoms with E-state index in [-0.39, 0.29) is 0 Å². The number of rotatable bonds is 6. The summed E-state index contributed by atoms with van der Waals surface area (Å²) in [5.41, 5.74) is 6.60. The van der Waals surface area contributed by atoms with E-state index in [0.717, 1.165) is 29.0 Å². The maximum absolute atomic E-state index is 14.4.